The van der Waals surface area contributed by atoms with Crippen molar-refractivity contribution in [2.75, 3.05) is 0 Å². The molecule has 0 saturated carbocycles. The Hall–Kier alpha value is -1.85. The van der Waals surface area contributed by atoms with Gasteiger partial charge in [-0.3, -0.25) is 14.3 Å². The normalized spacial score (nSPS) is 13.1. The van der Waals surface area contributed by atoms with E-state index in [1.165, 1.54) is 4.57 Å². The second kappa shape index (κ2) is 4.80. The molecule has 98 valence electrons. The molecule has 2 aromatic heterocycles. The highest BCUT2D eigenvalue weighted by atomic mass is 16.2. The summed E-state index contributed by atoms with van der Waals surface area (Å²) < 4.78 is 1.51. The third-order valence-corrected chi connectivity index (χ3v) is 3.18. The van der Waals surface area contributed by atoms with Gasteiger partial charge < -0.3 is 4.98 Å². The Bertz CT molecular complexity index is 665. The SMILES string of the molecule is CCCn1c(=O)[nH]c(=O)c2[nH]c(C(C)CC)nc21. The Morgan fingerprint density at radius 3 is 2.61 bits per heavy atom. The third kappa shape index (κ3) is 1.98. The number of nitrogens with one attached hydrogen (secondary N) is 2. The van der Waals surface area contributed by atoms with Crippen molar-refractivity contribution in [3.05, 3.63) is 26.7 Å². The van der Waals surface area contributed by atoms with Crippen LogP contribution in [0.4, 0.5) is 0 Å². The fraction of sp³-hybridized carbons (Fsp3) is 0.583. The van der Waals surface area contributed by atoms with Crippen molar-refractivity contribution < 1.29 is 0 Å². The first kappa shape index (κ1) is 12.6. The minimum atomic E-state index is -0.399. The largest absolute Gasteiger partial charge is 0.336 e. The highest BCUT2D eigenvalue weighted by Gasteiger charge is 2.15. The van der Waals surface area contributed by atoms with Crippen molar-refractivity contribution in [2.24, 2.45) is 0 Å². The van der Waals surface area contributed by atoms with Gasteiger partial charge in [-0.05, 0) is 12.8 Å². The fourth-order valence-corrected chi connectivity index (χ4v) is 1.92. The third-order valence-electron chi connectivity index (χ3n) is 3.18. The maximum atomic E-state index is 11.7. The van der Waals surface area contributed by atoms with Crippen molar-refractivity contribution in [2.45, 2.75) is 46.1 Å². The van der Waals surface area contributed by atoms with Gasteiger partial charge >= 0.3 is 5.69 Å². The number of hydrogen-bond donors (Lipinski definition) is 2. The number of fused-ring (bicyclic) bond motifs is 1. The molecule has 0 aliphatic heterocycles. The van der Waals surface area contributed by atoms with E-state index < -0.39 is 11.2 Å². The molecule has 0 spiro atoms. The van der Waals surface area contributed by atoms with Crippen LogP contribution in [0.25, 0.3) is 11.2 Å². The zero-order chi connectivity index (χ0) is 13.3. The minimum Gasteiger partial charge on any atom is -0.336 e. The summed E-state index contributed by atoms with van der Waals surface area (Å²) in [7, 11) is 0. The maximum absolute atomic E-state index is 11.7. The molecule has 0 saturated heterocycles. The smallest absolute Gasteiger partial charge is 0.330 e. The number of aromatic amines is 2. The summed E-state index contributed by atoms with van der Waals surface area (Å²) in [5.41, 5.74) is 0.0557. The topological polar surface area (TPSA) is 83.5 Å². The molecule has 0 fully saturated rings. The van der Waals surface area contributed by atoms with Gasteiger partial charge in [0.15, 0.2) is 5.65 Å². The first-order valence-corrected chi connectivity index (χ1v) is 6.31. The maximum Gasteiger partial charge on any atom is 0.330 e. The molecule has 0 radical (unpaired) electrons. The summed E-state index contributed by atoms with van der Waals surface area (Å²) in [6, 6.07) is 0. The standard InChI is InChI=1S/C12H18N4O2/c1-4-6-16-10-8(11(17)15-12(16)18)13-9(14-10)7(3)5-2/h7H,4-6H2,1-3H3,(H,13,14)(H,15,17,18). The van der Waals surface area contributed by atoms with Gasteiger partial charge in [0.1, 0.15) is 11.3 Å². The van der Waals surface area contributed by atoms with E-state index in [2.05, 4.69) is 21.9 Å². The van der Waals surface area contributed by atoms with Gasteiger partial charge in [-0.2, -0.15) is 0 Å². The van der Waals surface area contributed by atoms with Crippen molar-refractivity contribution in [1.82, 2.24) is 19.5 Å². The lowest BCUT2D eigenvalue weighted by Gasteiger charge is -2.03. The summed E-state index contributed by atoms with van der Waals surface area (Å²) in [5, 5.41) is 0. The molecule has 2 aromatic rings. The molecule has 18 heavy (non-hydrogen) atoms. The van der Waals surface area contributed by atoms with Crippen LogP contribution in [0.3, 0.4) is 0 Å². The van der Waals surface area contributed by atoms with Gasteiger partial charge in [0.2, 0.25) is 0 Å². The zero-order valence-corrected chi connectivity index (χ0v) is 10.9. The van der Waals surface area contributed by atoms with Gasteiger partial charge in [0.25, 0.3) is 5.56 Å². The Morgan fingerprint density at radius 2 is 2.00 bits per heavy atom. The molecule has 0 bridgehead atoms. The van der Waals surface area contributed by atoms with Crippen molar-refractivity contribution >= 4 is 11.2 Å². The van der Waals surface area contributed by atoms with E-state index in [1.807, 2.05) is 13.8 Å². The molecule has 0 aliphatic carbocycles. The summed E-state index contributed by atoms with van der Waals surface area (Å²) in [6.45, 7) is 6.62. The molecule has 2 rings (SSSR count). The van der Waals surface area contributed by atoms with Crippen molar-refractivity contribution in [1.29, 1.82) is 0 Å². The number of hydrogen-bond acceptors (Lipinski definition) is 3. The fourth-order valence-electron chi connectivity index (χ4n) is 1.92. The molecule has 0 amide bonds. The van der Waals surface area contributed by atoms with Crippen LogP contribution in [0, 0.1) is 0 Å². The molecule has 1 unspecified atom stereocenters. The number of H-pyrrole nitrogens is 2. The van der Waals surface area contributed by atoms with Gasteiger partial charge in [-0.1, -0.05) is 20.8 Å². The molecule has 6 heteroatoms. The summed E-state index contributed by atoms with van der Waals surface area (Å²) in [6.07, 6.45) is 1.74. The van der Waals surface area contributed by atoms with E-state index >= 15 is 0 Å². The van der Waals surface area contributed by atoms with Crippen molar-refractivity contribution in [3.63, 3.8) is 0 Å². The van der Waals surface area contributed by atoms with E-state index in [-0.39, 0.29) is 5.92 Å². The van der Waals surface area contributed by atoms with Crippen LogP contribution in [0.5, 0.6) is 0 Å². The molecule has 2 N–H and O–H groups in total. The van der Waals surface area contributed by atoms with E-state index in [1.54, 1.807) is 0 Å². The van der Waals surface area contributed by atoms with Crippen LogP contribution < -0.4 is 11.2 Å². The number of imidazole rings is 1. The zero-order valence-electron chi connectivity index (χ0n) is 10.9. The number of aromatic nitrogens is 4. The van der Waals surface area contributed by atoms with Gasteiger partial charge in [0, 0.05) is 12.5 Å². The predicted octanol–water partition coefficient (Wildman–Crippen LogP) is 1.34. The Balaban J connectivity index is 2.73. The van der Waals surface area contributed by atoms with E-state index in [4.69, 9.17) is 0 Å². The van der Waals surface area contributed by atoms with Gasteiger partial charge in [-0.15, -0.1) is 0 Å². The average molecular weight is 250 g/mol. The molecular formula is C12H18N4O2. The first-order valence-electron chi connectivity index (χ1n) is 6.31. The van der Waals surface area contributed by atoms with E-state index in [0.717, 1.165) is 18.7 Å². The predicted molar refractivity (Wildman–Crippen MR) is 70.0 cm³/mol. The van der Waals surface area contributed by atoms with E-state index in [9.17, 15) is 9.59 Å². The van der Waals surface area contributed by atoms with Crippen LogP contribution in [0.15, 0.2) is 9.59 Å². The molecule has 0 aromatic carbocycles. The second-order valence-corrected chi connectivity index (χ2v) is 4.54. The molecule has 2 heterocycles. The molecule has 6 nitrogen and oxygen atoms in total. The molecule has 0 aliphatic rings. The summed E-state index contributed by atoms with van der Waals surface area (Å²) >= 11 is 0. The first-order chi connectivity index (χ1) is 8.58. The van der Waals surface area contributed by atoms with Crippen LogP contribution in [0.2, 0.25) is 0 Å². The average Bonchev–Trinajstić information content (AvgIpc) is 2.78. The molecule has 1 atom stereocenters. The summed E-state index contributed by atoms with van der Waals surface area (Å²) in [5.74, 6) is 0.996. The van der Waals surface area contributed by atoms with E-state index in [0.29, 0.717) is 17.7 Å². The van der Waals surface area contributed by atoms with Gasteiger partial charge in [-0.25, -0.2) is 9.78 Å². The monoisotopic (exact) mass is 250 g/mol. The Morgan fingerprint density at radius 1 is 1.28 bits per heavy atom. The number of nitrogens with zero attached hydrogens (tertiary/aromatic N) is 2. The summed E-state index contributed by atoms with van der Waals surface area (Å²) in [4.78, 5) is 33.2. The lowest BCUT2D eigenvalue weighted by molar-refractivity contribution is 0.648. The molecular weight excluding hydrogens is 232 g/mol. The van der Waals surface area contributed by atoms with Crippen LogP contribution >= 0.6 is 0 Å². The minimum absolute atomic E-state index is 0.238. The number of aryl methyl sites for hydroxylation is 1. The van der Waals surface area contributed by atoms with Crippen LogP contribution in [0.1, 0.15) is 45.4 Å². The van der Waals surface area contributed by atoms with Gasteiger partial charge in [0.05, 0.1) is 0 Å². The van der Waals surface area contributed by atoms with Crippen molar-refractivity contribution in [3.8, 4) is 0 Å². The second-order valence-electron chi connectivity index (χ2n) is 4.54. The quantitative estimate of drug-likeness (QED) is 0.858. The van der Waals surface area contributed by atoms with Crippen LogP contribution in [-0.2, 0) is 6.54 Å². The number of rotatable bonds is 4. The lowest BCUT2D eigenvalue weighted by atomic mass is 10.1. The highest BCUT2D eigenvalue weighted by molar-refractivity contribution is 5.69. The Kier molecular flexibility index (Phi) is 3.36. The van der Waals surface area contributed by atoms with Crippen LogP contribution in [-0.4, -0.2) is 19.5 Å². The Labute approximate surface area is 104 Å². The lowest BCUT2D eigenvalue weighted by Crippen LogP contribution is -2.30. The highest BCUT2D eigenvalue weighted by Crippen LogP contribution is 2.17.